The van der Waals surface area contributed by atoms with Crippen LogP contribution in [0.15, 0.2) is 18.2 Å². The molecule has 1 N–H and O–H groups in total. The van der Waals surface area contributed by atoms with Gasteiger partial charge in [0, 0.05) is 5.56 Å². The number of carbonyl (C=O) groups is 4. The van der Waals surface area contributed by atoms with Gasteiger partial charge in [-0.25, -0.2) is 4.79 Å². The van der Waals surface area contributed by atoms with Crippen molar-refractivity contribution in [3.63, 3.8) is 0 Å². The van der Waals surface area contributed by atoms with E-state index in [1.54, 1.807) is 6.07 Å². The van der Waals surface area contributed by atoms with Crippen molar-refractivity contribution in [2.24, 2.45) is 0 Å². The molecule has 1 saturated heterocycles. The maximum Gasteiger partial charge on any atom is 0.326 e. The number of imide groups is 1. The lowest BCUT2D eigenvalue weighted by Crippen LogP contribution is -2.44. The van der Waals surface area contributed by atoms with Gasteiger partial charge in [0.2, 0.25) is 5.78 Å². The Morgan fingerprint density at radius 1 is 1.14 bits per heavy atom. The Bertz CT molecular complexity index is 856. The second-order valence-electron chi connectivity index (χ2n) is 7.94. The average molecular weight is 384 g/mol. The molecule has 1 aliphatic heterocycles. The number of Topliss-reactive ketones (excluding diaryl/α,β-unsaturated/α-hetero) is 1. The summed E-state index contributed by atoms with van der Waals surface area (Å²) in [6, 6.07) is 5.02. The van der Waals surface area contributed by atoms with Gasteiger partial charge >= 0.3 is 12.0 Å². The molecule has 0 aromatic heterocycles. The molecule has 0 radical (unpaired) electrons. The van der Waals surface area contributed by atoms with E-state index in [1.165, 1.54) is 18.1 Å². The van der Waals surface area contributed by atoms with Crippen LogP contribution < -0.4 is 5.32 Å². The van der Waals surface area contributed by atoms with Crippen molar-refractivity contribution < 1.29 is 23.9 Å². The zero-order chi connectivity index (χ0) is 19.9. The molecule has 2 fully saturated rings. The summed E-state index contributed by atoms with van der Waals surface area (Å²) >= 11 is 0. The number of ketones is 1. The Labute approximate surface area is 163 Å². The van der Waals surface area contributed by atoms with Gasteiger partial charge in [-0.1, -0.05) is 25.0 Å². The van der Waals surface area contributed by atoms with Crippen LogP contribution in [-0.2, 0) is 27.2 Å². The monoisotopic (exact) mass is 384 g/mol. The summed E-state index contributed by atoms with van der Waals surface area (Å²) in [5.74, 6) is -1.42. The number of benzene rings is 1. The number of rotatable bonds is 5. The molecule has 3 amide bonds. The van der Waals surface area contributed by atoms with Crippen molar-refractivity contribution in [1.82, 2.24) is 10.2 Å². The smallest absolute Gasteiger partial charge is 0.326 e. The number of hydrogen-bond donors (Lipinski definition) is 1. The lowest BCUT2D eigenvalue weighted by molar-refractivity contribution is -0.149. The molecule has 0 bridgehead atoms. The molecule has 3 aliphatic rings. The molecule has 28 heavy (non-hydrogen) atoms. The average Bonchev–Trinajstić information content (AvgIpc) is 3.38. The highest BCUT2D eigenvalue weighted by Crippen LogP contribution is 2.35. The fraction of sp³-hybridized carbons (Fsp3) is 0.524. The number of nitrogens with one attached hydrogen (secondary N) is 1. The van der Waals surface area contributed by atoms with E-state index >= 15 is 0 Å². The first-order valence-electron chi connectivity index (χ1n) is 9.89. The third-order valence-corrected chi connectivity index (χ3v) is 6.05. The zero-order valence-electron chi connectivity index (χ0n) is 16.0. The van der Waals surface area contributed by atoms with Gasteiger partial charge in [-0.15, -0.1) is 0 Å². The normalized spacial score (nSPS) is 21.0. The molecule has 1 atom stereocenters. The number of nitrogens with zero attached hydrogens (tertiary/aromatic N) is 1. The molecule has 1 spiro atoms. The van der Waals surface area contributed by atoms with Crippen molar-refractivity contribution in [3.05, 3.63) is 34.9 Å². The second-order valence-corrected chi connectivity index (χ2v) is 7.94. The Hall–Kier alpha value is -2.70. The summed E-state index contributed by atoms with van der Waals surface area (Å²) in [7, 11) is 0. The van der Waals surface area contributed by atoms with E-state index in [-0.39, 0.29) is 11.7 Å². The number of urea groups is 1. The molecule has 148 valence electrons. The van der Waals surface area contributed by atoms with E-state index in [4.69, 9.17) is 4.74 Å². The molecular formula is C21H24N2O5. The Morgan fingerprint density at radius 2 is 1.86 bits per heavy atom. The number of aryl methyl sites for hydroxylation is 2. The molecule has 7 heteroatoms. The second kappa shape index (κ2) is 7.04. The van der Waals surface area contributed by atoms with Crippen LogP contribution in [0.5, 0.6) is 0 Å². The number of amides is 3. The Kier molecular flexibility index (Phi) is 4.69. The predicted octanol–water partition coefficient (Wildman–Crippen LogP) is 2.15. The zero-order valence-corrected chi connectivity index (χ0v) is 16.0. The van der Waals surface area contributed by atoms with Gasteiger partial charge in [0.15, 0.2) is 6.10 Å². The highest BCUT2D eigenvalue weighted by Gasteiger charge is 2.52. The van der Waals surface area contributed by atoms with Crippen molar-refractivity contribution >= 4 is 23.7 Å². The summed E-state index contributed by atoms with van der Waals surface area (Å²) in [4.78, 5) is 50.5. The van der Waals surface area contributed by atoms with Crippen molar-refractivity contribution in [2.75, 3.05) is 6.54 Å². The molecule has 1 saturated carbocycles. The molecule has 1 heterocycles. The van der Waals surface area contributed by atoms with Gasteiger partial charge < -0.3 is 10.1 Å². The largest absolute Gasteiger partial charge is 0.453 e. The maximum atomic E-state index is 12.6. The van der Waals surface area contributed by atoms with Gasteiger partial charge in [-0.3, -0.25) is 19.3 Å². The standard InChI is InChI=1S/C21H24N2O5/c1-13(18(25)16-8-7-14-5-4-6-15(14)11-16)28-17(24)12-23-19(26)21(22-20(23)27)9-2-3-10-21/h7-8,11,13H,2-6,9-10,12H2,1H3,(H,22,27)/t13-/m0/s1. The third kappa shape index (κ3) is 3.19. The van der Waals surface area contributed by atoms with Gasteiger partial charge in [0.05, 0.1) is 0 Å². The first-order chi connectivity index (χ1) is 13.4. The van der Waals surface area contributed by atoms with Gasteiger partial charge in [0.1, 0.15) is 12.1 Å². The lowest BCUT2D eigenvalue weighted by Gasteiger charge is -2.20. The van der Waals surface area contributed by atoms with Gasteiger partial charge in [0.25, 0.3) is 5.91 Å². The SMILES string of the molecule is C[C@H](OC(=O)CN1C(=O)NC2(CCCC2)C1=O)C(=O)c1ccc2c(c1)CCC2. The number of fused-ring (bicyclic) bond motifs is 1. The summed E-state index contributed by atoms with van der Waals surface area (Å²) < 4.78 is 5.23. The minimum absolute atomic E-state index is 0.285. The lowest BCUT2D eigenvalue weighted by atomic mass is 9.98. The topological polar surface area (TPSA) is 92.8 Å². The fourth-order valence-electron chi connectivity index (χ4n) is 4.51. The van der Waals surface area contributed by atoms with Crippen molar-refractivity contribution in [2.45, 2.75) is 63.5 Å². The van der Waals surface area contributed by atoms with E-state index in [9.17, 15) is 19.2 Å². The van der Waals surface area contributed by atoms with E-state index < -0.39 is 30.2 Å². The first-order valence-corrected chi connectivity index (χ1v) is 9.89. The van der Waals surface area contributed by atoms with Crippen LogP contribution in [0.4, 0.5) is 4.79 Å². The Balaban J connectivity index is 1.37. The van der Waals surface area contributed by atoms with E-state index in [0.717, 1.165) is 37.0 Å². The third-order valence-electron chi connectivity index (χ3n) is 6.05. The number of carbonyl (C=O) groups excluding carboxylic acids is 4. The first kappa shape index (κ1) is 18.7. The van der Waals surface area contributed by atoms with Crippen LogP contribution >= 0.6 is 0 Å². The number of ether oxygens (including phenoxy) is 1. The molecule has 1 aromatic carbocycles. The molecule has 0 unspecified atom stereocenters. The van der Waals surface area contributed by atoms with Gasteiger partial charge in [-0.2, -0.15) is 0 Å². The highest BCUT2D eigenvalue weighted by molar-refractivity contribution is 6.09. The van der Waals surface area contributed by atoms with Crippen LogP contribution in [0.2, 0.25) is 0 Å². The van der Waals surface area contributed by atoms with Crippen LogP contribution in [0.25, 0.3) is 0 Å². The van der Waals surface area contributed by atoms with E-state index in [2.05, 4.69) is 5.32 Å². The predicted molar refractivity (Wildman–Crippen MR) is 99.8 cm³/mol. The van der Waals surface area contributed by atoms with Crippen LogP contribution in [0, 0.1) is 0 Å². The summed E-state index contributed by atoms with van der Waals surface area (Å²) in [5, 5.41) is 2.72. The molecule has 7 nitrogen and oxygen atoms in total. The van der Waals surface area contributed by atoms with Crippen LogP contribution in [0.1, 0.15) is 60.5 Å². The minimum atomic E-state index is -0.979. The number of esters is 1. The Morgan fingerprint density at radius 3 is 2.61 bits per heavy atom. The van der Waals surface area contributed by atoms with E-state index in [1.807, 2.05) is 12.1 Å². The highest BCUT2D eigenvalue weighted by atomic mass is 16.5. The van der Waals surface area contributed by atoms with Crippen LogP contribution in [-0.4, -0.2) is 46.8 Å². The summed E-state index contributed by atoms with van der Waals surface area (Å²) in [6.07, 6.45) is 5.03. The maximum absolute atomic E-state index is 12.6. The molecular weight excluding hydrogens is 360 g/mol. The molecule has 2 aliphatic carbocycles. The van der Waals surface area contributed by atoms with Crippen molar-refractivity contribution in [3.8, 4) is 0 Å². The van der Waals surface area contributed by atoms with Crippen LogP contribution in [0.3, 0.4) is 0 Å². The quantitative estimate of drug-likeness (QED) is 0.477. The van der Waals surface area contributed by atoms with Gasteiger partial charge in [-0.05, 0) is 56.2 Å². The fourth-order valence-corrected chi connectivity index (χ4v) is 4.51. The molecule has 4 rings (SSSR count). The number of hydrogen-bond acceptors (Lipinski definition) is 5. The summed E-state index contributed by atoms with van der Waals surface area (Å²) in [5.41, 5.74) is 2.09. The van der Waals surface area contributed by atoms with E-state index in [0.29, 0.717) is 18.4 Å². The van der Waals surface area contributed by atoms with Crippen molar-refractivity contribution in [1.29, 1.82) is 0 Å². The minimum Gasteiger partial charge on any atom is -0.453 e. The summed E-state index contributed by atoms with van der Waals surface area (Å²) in [6.45, 7) is 1.03. The molecule has 1 aromatic rings.